The highest BCUT2D eigenvalue weighted by molar-refractivity contribution is 5.93. The van der Waals surface area contributed by atoms with Crippen LogP contribution >= 0.6 is 0 Å². The molecule has 0 fully saturated rings. The van der Waals surface area contributed by atoms with Gasteiger partial charge in [0.2, 0.25) is 5.91 Å². The smallest absolute Gasteiger partial charge is 0.225 e. The fraction of sp³-hybridized carbons (Fsp3) is 0.222. The number of benzene rings is 3. The molecule has 1 atom stereocenters. The van der Waals surface area contributed by atoms with Crippen molar-refractivity contribution in [3.05, 3.63) is 89.1 Å². The van der Waals surface area contributed by atoms with Crippen LogP contribution in [-0.2, 0) is 4.79 Å². The van der Waals surface area contributed by atoms with E-state index in [-0.39, 0.29) is 18.2 Å². The molecule has 32 heavy (non-hydrogen) atoms. The fourth-order valence-electron chi connectivity index (χ4n) is 4.17. The van der Waals surface area contributed by atoms with Crippen molar-refractivity contribution in [3.8, 4) is 11.5 Å². The average Bonchev–Trinajstić information content (AvgIpc) is 3.23. The highest BCUT2D eigenvalue weighted by Gasteiger charge is 2.26. The minimum Gasteiger partial charge on any atom is -0.493 e. The van der Waals surface area contributed by atoms with Gasteiger partial charge in [-0.1, -0.05) is 36.4 Å². The third-order valence-electron chi connectivity index (χ3n) is 5.99. The van der Waals surface area contributed by atoms with E-state index in [4.69, 9.17) is 9.47 Å². The Kier molecular flexibility index (Phi) is 6.17. The van der Waals surface area contributed by atoms with Crippen molar-refractivity contribution in [1.82, 2.24) is 4.98 Å². The van der Waals surface area contributed by atoms with Crippen LogP contribution in [0, 0.1) is 13.8 Å². The predicted molar refractivity (Wildman–Crippen MR) is 129 cm³/mol. The van der Waals surface area contributed by atoms with E-state index in [1.54, 1.807) is 14.2 Å². The number of nitrogens with one attached hydrogen (secondary N) is 2. The molecule has 0 spiro atoms. The van der Waals surface area contributed by atoms with Gasteiger partial charge in [0.05, 0.1) is 14.2 Å². The van der Waals surface area contributed by atoms with E-state index in [1.807, 2.05) is 67.7 Å². The zero-order valence-electron chi connectivity index (χ0n) is 18.9. The lowest BCUT2D eigenvalue weighted by Gasteiger charge is -2.21. The first-order chi connectivity index (χ1) is 15.5. The minimum atomic E-state index is -0.220. The Morgan fingerprint density at radius 3 is 2.50 bits per heavy atom. The number of amides is 1. The van der Waals surface area contributed by atoms with Crippen molar-refractivity contribution in [3.63, 3.8) is 0 Å². The third kappa shape index (κ3) is 4.19. The number of aryl methyl sites for hydroxylation is 2. The van der Waals surface area contributed by atoms with Crippen molar-refractivity contribution in [1.29, 1.82) is 0 Å². The number of fused-ring (bicyclic) bond motifs is 1. The molecule has 1 amide bonds. The van der Waals surface area contributed by atoms with Crippen LogP contribution in [0.1, 0.15) is 34.6 Å². The van der Waals surface area contributed by atoms with E-state index < -0.39 is 0 Å². The first kappa shape index (κ1) is 21.5. The maximum atomic E-state index is 13.2. The van der Waals surface area contributed by atoms with E-state index in [0.29, 0.717) is 11.5 Å². The number of carbonyl (C=O) groups is 1. The molecule has 1 aromatic heterocycles. The van der Waals surface area contributed by atoms with Gasteiger partial charge in [-0.25, -0.2) is 0 Å². The van der Waals surface area contributed by atoms with E-state index in [9.17, 15) is 4.79 Å². The van der Waals surface area contributed by atoms with Crippen LogP contribution in [0.15, 0.2) is 66.9 Å². The summed E-state index contributed by atoms with van der Waals surface area (Å²) in [6.45, 7) is 4.10. The Hall–Kier alpha value is -3.73. The number of ether oxygens (including phenoxy) is 2. The van der Waals surface area contributed by atoms with Gasteiger partial charge in [-0.15, -0.1) is 0 Å². The van der Waals surface area contributed by atoms with Gasteiger partial charge in [-0.05, 0) is 54.8 Å². The molecule has 0 radical (unpaired) electrons. The van der Waals surface area contributed by atoms with Crippen molar-refractivity contribution in [2.45, 2.75) is 26.2 Å². The highest BCUT2D eigenvalue weighted by Crippen LogP contribution is 2.42. The molecule has 0 aliphatic carbocycles. The Morgan fingerprint density at radius 1 is 0.938 bits per heavy atom. The molecule has 4 aromatic rings. The van der Waals surface area contributed by atoms with Gasteiger partial charge in [-0.2, -0.15) is 0 Å². The van der Waals surface area contributed by atoms with E-state index in [0.717, 1.165) is 33.3 Å². The van der Waals surface area contributed by atoms with Gasteiger partial charge < -0.3 is 19.8 Å². The number of hydrogen-bond acceptors (Lipinski definition) is 3. The molecule has 164 valence electrons. The molecule has 0 bridgehead atoms. The third-order valence-corrected chi connectivity index (χ3v) is 5.99. The number of carbonyl (C=O) groups excluding carboxylic acids is 1. The monoisotopic (exact) mass is 428 g/mol. The Labute approximate surface area is 188 Å². The summed E-state index contributed by atoms with van der Waals surface area (Å²) in [7, 11) is 3.25. The lowest BCUT2D eigenvalue weighted by molar-refractivity contribution is -0.116. The highest BCUT2D eigenvalue weighted by atomic mass is 16.5. The summed E-state index contributed by atoms with van der Waals surface area (Å²) < 4.78 is 11.2. The second-order valence-electron chi connectivity index (χ2n) is 7.98. The van der Waals surface area contributed by atoms with Crippen LogP contribution < -0.4 is 14.8 Å². The van der Waals surface area contributed by atoms with Gasteiger partial charge in [0.25, 0.3) is 0 Å². The number of rotatable bonds is 7. The van der Waals surface area contributed by atoms with Gasteiger partial charge >= 0.3 is 0 Å². The van der Waals surface area contributed by atoms with E-state index >= 15 is 0 Å². The van der Waals surface area contributed by atoms with Crippen LogP contribution in [0.5, 0.6) is 11.5 Å². The molecular weight excluding hydrogens is 400 g/mol. The van der Waals surface area contributed by atoms with Crippen molar-refractivity contribution in [2.24, 2.45) is 0 Å². The summed E-state index contributed by atoms with van der Waals surface area (Å²) in [5.41, 5.74) is 6.12. The minimum absolute atomic E-state index is 0.0617. The molecule has 0 unspecified atom stereocenters. The molecule has 0 saturated heterocycles. The fourth-order valence-corrected chi connectivity index (χ4v) is 4.17. The Bertz CT molecular complexity index is 1260. The number of hydrogen-bond donors (Lipinski definition) is 2. The van der Waals surface area contributed by atoms with Gasteiger partial charge in [-0.3, -0.25) is 4.79 Å². The largest absolute Gasteiger partial charge is 0.493 e. The van der Waals surface area contributed by atoms with Crippen LogP contribution in [0.2, 0.25) is 0 Å². The topological polar surface area (TPSA) is 63.3 Å². The first-order valence-electron chi connectivity index (χ1n) is 10.7. The molecule has 0 saturated carbocycles. The predicted octanol–water partition coefficient (Wildman–Crippen LogP) is 5.96. The second kappa shape index (κ2) is 9.18. The average molecular weight is 429 g/mol. The molecule has 5 nitrogen and oxygen atoms in total. The molecule has 3 aromatic carbocycles. The zero-order valence-corrected chi connectivity index (χ0v) is 18.9. The first-order valence-corrected chi connectivity index (χ1v) is 10.7. The van der Waals surface area contributed by atoms with Crippen LogP contribution in [0.3, 0.4) is 0 Å². The lowest BCUT2D eigenvalue weighted by Crippen LogP contribution is -2.17. The number of aromatic nitrogens is 1. The zero-order chi connectivity index (χ0) is 22.7. The molecule has 2 N–H and O–H groups in total. The standard InChI is InChI=1S/C27H28N2O3/c1-17-12-13-19(14-18(17)2)29-26(30)15-22(21-9-7-11-25(31-3)27(21)32-4)23-16-28-24-10-6-5-8-20(23)24/h5-14,16,22,28H,15H2,1-4H3,(H,29,30)/t22-/m0/s1. The van der Waals surface area contributed by atoms with Crippen molar-refractivity contribution < 1.29 is 14.3 Å². The SMILES string of the molecule is COc1cccc([C@H](CC(=O)Nc2ccc(C)c(C)c2)c2c[nH]c3ccccc23)c1OC. The van der Waals surface area contributed by atoms with Gasteiger partial charge in [0.15, 0.2) is 11.5 Å². The number of para-hydroxylation sites is 2. The second-order valence-corrected chi connectivity index (χ2v) is 7.98. The van der Waals surface area contributed by atoms with E-state index in [1.165, 1.54) is 5.56 Å². The Morgan fingerprint density at radius 2 is 1.75 bits per heavy atom. The van der Waals surface area contributed by atoms with Crippen LogP contribution in [0.4, 0.5) is 5.69 Å². The molecule has 0 aliphatic rings. The van der Waals surface area contributed by atoms with Crippen LogP contribution in [-0.4, -0.2) is 25.1 Å². The maximum Gasteiger partial charge on any atom is 0.225 e. The van der Waals surface area contributed by atoms with Gasteiger partial charge in [0, 0.05) is 40.7 Å². The maximum absolute atomic E-state index is 13.2. The molecular formula is C27H28N2O3. The van der Waals surface area contributed by atoms with Gasteiger partial charge in [0.1, 0.15) is 0 Å². The summed E-state index contributed by atoms with van der Waals surface area (Å²) in [5, 5.41) is 4.15. The molecule has 5 heteroatoms. The van der Waals surface area contributed by atoms with E-state index in [2.05, 4.69) is 23.3 Å². The number of H-pyrrole nitrogens is 1. The summed E-state index contributed by atoms with van der Waals surface area (Å²) in [6.07, 6.45) is 2.25. The normalized spacial score (nSPS) is 11.9. The number of methoxy groups -OCH3 is 2. The van der Waals surface area contributed by atoms with Crippen molar-refractivity contribution in [2.75, 3.05) is 19.5 Å². The summed E-state index contributed by atoms with van der Waals surface area (Å²) in [4.78, 5) is 16.5. The number of anilines is 1. The molecule has 4 rings (SSSR count). The quantitative estimate of drug-likeness (QED) is 0.382. The molecule has 0 aliphatic heterocycles. The Balaban J connectivity index is 1.75. The summed E-state index contributed by atoms with van der Waals surface area (Å²) >= 11 is 0. The summed E-state index contributed by atoms with van der Waals surface area (Å²) in [5.74, 6) is 1.00. The summed E-state index contributed by atoms with van der Waals surface area (Å²) in [6, 6.07) is 19.9. The van der Waals surface area contributed by atoms with Crippen molar-refractivity contribution >= 4 is 22.5 Å². The molecule has 1 heterocycles. The number of aromatic amines is 1. The van der Waals surface area contributed by atoms with Crippen LogP contribution in [0.25, 0.3) is 10.9 Å². The lowest BCUT2D eigenvalue weighted by atomic mass is 9.87.